The highest BCUT2D eigenvalue weighted by Gasteiger charge is 2.13. The summed E-state index contributed by atoms with van der Waals surface area (Å²) in [5, 5.41) is 0. The fraction of sp³-hybridized carbons (Fsp3) is 0.435. The molecule has 3 rings (SSSR count). The van der Waals surface area contributed by atoms with E-state index in [1.807, 2.05) is 11.8 Å². The van der Waals surface area contributed by atoms with E-state index in [1.165, 1.54) is 34.0 Å². The Morgan fingerprint density at radius 3 is 2.62 bits per heavy atom. The van der Waals surface area contributed by atoms with Gasteiger partial charge in [0.1, 0.15) is 5.82 Å². The molecule has 0 aliphatic heterocycles. The third kappa shape index (κ3) is 4.91. The third-order valence-corrected chi connectivity index (χ3v) is 5.75. The maximum absolute atomic E-state index is 4.95. The quantitative estimate of drug-likeness (QED) is 0.409. The predicted octanol–water partition coefficient (Wildman–Crippen LogP) is 6.37. The van der Waals surface area contributed by atoms with Crippen LogP contribution in [-0.2, 0) is 19.4 Å². The van der Waals surface area contributed by atoms with Gasteiger partial charge >= 0.3 is 0 Å². The second-order valence-electron chi connectivity index (χ2n) is 7.37. The molecule has 0 bridgehead atoms. The van der Waals surface area contributed by atoms with E-state index in [4.69, 9.17) is 4.98 Å². The van der Waals surface area contributed by atoms with E-state index in [9.17, 15) is 0 Å². The fourth-order valence-corrected chi connectivity index (χ4v) is 4.12. The van der Waals surface area contributed by atoms with E-state index >= 15 is 0 Å². The maximum atomic E-state index is 4.95. The molecule has 0 N–H and O–H groups in total. The summed E-state index contributed by atoms with van der Waals surface area (Å²) in [6, 6.07) is 17.6. The molecule has 3 heteroatoms. The van der Waals surface area contributed by atoms with Crippen molar-refractivity contribution in [3.05, 3.63) is 59.9 Å². The molecule has 0 fully saturated rings. The number of thioether (sulfide) groups is 1. The molecule has 0 saturated carbocycles. The molecule has 0 radical (unpaired) electrons. The Morgan fingerprint density at radius 2 is 1.88 bits per heavy atom. The van der Waals surface area contributed by atoms with Gasteiger partial charge in [0.15, 0.2) is 0 Å². The van der Waals surface area contributed by atoms with E-state index in [-0.39, 0.29) is 0 Å². The van der Waals surface area contributed by atoms with Gasteiger partial charge < -0.3 is 4.57 Å². The first kappa shape index (κ1) is 19.0. The molecule has 0 aliphatic rings. The van der Waals surface area contributed by atoms with E-state index in [2.05, 4.69) is 73.9 Å². The Hall–Kier alpha value is -1.74. The second kappa shape index (κ2) is 9.27. The van der Waals surface area contributed by atoms with Gasteiger partial charge in [-0.15, -0.1) is 11.8 Å². The largest absolute Gasteiger partial charge is 0.328 e. The lowest BCUT2D eigenvalue weighted by atomic mass is 10.1. The fourth-order valence-electron chi connectivity index (χ4n) is 3.32. The molecule has 3 aromatic rings. The lowest BCUT2D eigenvalue weighted by Gasteiger charge is -2.11. The molecular weight excluding hydrogens is 336 g/mol. The maximum Gasteiger partial charge on any atom is 0.110 e. The Kier molecular flexibility index (Phi) is 6.79. The average Bonchev–Trinajstić information content (AvgIpc) is 2.97. The van der Waals surface area contributed by atoms with Crippen molar-refractivity contribution in [3.63, 3.8) is 0 Å². The van der Waals surface area contributed by atoms with Crippen LogP contribution in [0.15, 0.2) is 53.4 Å². The van der Waals surface area contributed by atoms with E-state index in [0.717, 1.165) is 31.3 Å². The molecular formula is C23H30N2S. The number of aryl methyl sites for hydroxylation is 2. The monoisotopic (exact) mass is 366 g/mol. The number of nitrogens with zero attached hydrogens (tertiary/aromatic N) is 2. The summed E-state index contributed by atoms with van der Waals surface area (Å²) in [4.78, 5) is 6.31. The lowest BCUT2D eigenvalue weighted by Crippen LogP contribution is -2.08. The van der Waals surface area contributed by atoms with Crippen molar-refractivity contribution < 1.29 is 0 Å². The Morgan fingerprint density at radius 1 is 1.08 bits per heavy atom. The van der Waals surface area contributed by atoms with Gasteiger partial charge in [-0.05, 0) is 54.7 Å². The number of benzene rings is 2. The van der Waals surface area contributed by atoms with Crippen molar-refractivity contribution >= 4 is 22.8 Å². The molecule has 0 spiro atoms. The molecule has 1 aromatic heterocycles. The first-order valence-corrected chi connectivity index (χ1v) is 10.8. The highest BCUT2D eigenvalue weighted by Crippen LogP contribution is 2.26. The average molecular weight is 367 g/mol. The van der Waals surface area contributed by atoms with E-state index < -0.39 is 0 Å². The lowest BCUT2D eigenvalue weighted by molar-refractivity contribution is 0.565. The normalized spacial score (nSPS) is 11.5. The van der Waals surface area contributed by atoms with Crippen molar-refractivity contribution in [1.82, 2.24) is 9.55 Å². The summed E-state index contributed by atoms with van der Waals surface area (Å²) >= 11 is 1.95. The third-order valence-electron chi connectivity index (χ3n) is 4.55. The highest BCUT2D eigenvalue weighted by atomic mass is 32.2. The van der Waals surface area contributed by atoms with Gasteiger partial charge in [0.05, 0.1) is 11.0 Å². The minimum absolute atomic E-state index is 0.619. The smallest absolute Gasteiger partial charge is 0.110 e. The second-order valence-corrected chi connectivity index (χ2v) is 8.53. The molecule has 0 aliphatic carbocycles. The van der Waals surface area contributed by atoms with Crippen molar-refractivity contribution in [2.24, 2.45) is 5.92 Å². The van der Waals surface area contributed by atoms with Crippen LogP contribution in [0.3, 0.4) is 0 Å². The van der Waals surface area contributed by atoms with Gasteiger partial charge in [-0.1, -0.05) is 51.1 Å². The zero-order valence-electron chi connectivity index (χ0n) is 16.2. The van der Waals surface area contributed by atoms with Crippen molar-refractivity contribution in [2.75, 3.05) is 5.75 Å². The SMILES string of the molecule is CCCSc1ccc2nc(CC(C)C)n(CCCc3ccccc3)c2c1. The van der Waals surface area contributed by atoms with Gasteiger partial charge in [0, 0.05) is 17.9 Å². The number of fused-ring (bicyclic) bond motifs is 1. The predicted molar refractivity (Wildman–Crippen MR) is 114 cm³/mol. The molecule has 26 heavy (non-hydrogen) atoms. The van der Waals surface area contributed by atoms with Gasteiger partial charge in [-0.25, -0.2) is 4.98 Å². The number of aromatic nitrogens is 2. The van der Waals surface area contributed by atoms with Crippen LogP contribution in [0.1, 0.15) is 45.0 Å². The molecule has 0 amide bonds. The number of imidazole rings is 1. The van der Waals surface area contributed by atoms with Gasteiger partial charge in [0.2, 0.25) is 0 Å². The van der Waals surface area contributed by atoms with Gasteiger partial charge in [0.25, 0.3) is 0 Å². The zero-order chi connectivity index (χ0) is 18.4. The molecule has 2 aromatic carbocycles. The molecule has 0 unspecified atom stereocenters. The van der Waals surface area contributed by atoms with Crippen LogP contribution in [0.25, 0.3) is 11.0 Å². The highest BCUT2D eigenvalue weighted by molar-refractivity contribution is 7.99. The Bertz CT molecular complexity index is 821. The minimum Gasteiger partial charge on any atom is -0.328 e. The van der Waals surface area contributed by atoms with Crippen LogP contribution in [0.2, 0.25) is 0 Å². The molecule has 138 valence electrons. The first-order valence-electron chi connectivity index (χ1n) is 9.83. The summed E-state index contributed by atoms with van der Waals surface area (Å²) in [6.07, 6.45) is 4.51. The van der Waals surface area contributed by atoms with Crippen molar-refractivity contribution in [2.45, 2.75) is 57.9 Å². The van der Waals surface area contributed by atoms with Crippen molar-refractivity contribution in [3.8, 4) is 0 Å². The molecule has 0 saturated heterocycles. The molecule has 2 nitrogen and oxygen atoms in total. The number of hydrogen-bond donors (Lipinski definition) is 0. The van der Waals surface area contributed by atoms with Gasteiger partial charge in [-0.2, -0.15) is 0 Å². The van der Waals surface area contributed by atoms with Crippen LogP contribution in [0, 0.1) is 5.92 Å². The summed E-state index contributed by atoms with van der Waals surface area (Å²) in [6.45, 7) is 7.82. The molecule has 0 atom stereocenters. The summed E-state index contributed by atoms with van der Waals surface area (Å²) < 4.78 is 2.47. The van der Waals surface area contributed by atoms with E-state index in [1.54, 1.807) is 0 Å². The first-order chi connectivity index (χ1) is 12.7. The number of rotatable bonds is 9. The van der Waals surface area contributed by atoms with Crippen LogP contribution in [0.4, 0.5) is 0 Å². The Labute approximate surface area is 162 Å². The van der Waals surface area contributed by atoms with Gasteiger partial charge in [-0.3, -0.25) is 0 Å². The molecule has 1 heterocycles. The standard InChI is InChI=1S/C23H30N2S/c1-4-15-26-20-12-13-21-22(17-20)25(23(24-21)16-18(2)3)14-8-11-19-9-6-5-7-10-19/h5-7,9-10,12-13,17-18H,4,8,11,14-16H2,1-3H3. The van der Waals surface area contributed by atoms with Crippen molar-refractivity contribution in [1.29, 1.82) is 0 Å². The number of hydrogen-bond acceptors (Lipinski definition) is 2. The zero-order valence-corrected chi connectivity index (χ0v) is 17.1. The summed E-state index contributed by atoms with van der Waals surface area (Å²) in [5.41, 5.74) is 3.86. The van der Waals surface area contributed by atoms with Crippen LogP contribution in [-0.4, -0.2) is 15.3 Å². The van der Waals surface area contributed by atoms with Crippen LogP contribution < -0.4 is 0 Å². The summed E-state index contributed by atoms with van der Waals surface area (Å²) in [7, 11) is 0. The van der Waals surface area contributed by atoms with E-state index in [0.29, 0.717) is 5.92 Å². The van der Waals surface area contributed by atoms with Crippen LogP contribution >= 0.6 is 11.8 Å². The summed E-state index contributed by atoms with van der Waals surface area (Å²) in [5.74, 6) is 3.03. The van der Waals surface area contributed by atoms with Crippen LogP contribution in [0.5, 0.6) is 0 Å². The minimum atomic E-state index is 0.619. The Balaban J connectivity index is 1.83. The topological polar surface area (TPSA) is 17.8 Å².